The number of amides is 2. The van der Waals surface area contributed by atoms with Gasteiger partial charge in [0.05, 0.1) is 22.0 Å². The van der Waals surface area contributed by atoms with Crippen molar-refractivity contribution in [1.29, 1.82) is 0 Å². The van der Waals surface area contributed by atoms with Crippen LogP contribution < -0.4 is 10.6 Å². The van der Waals surface area contributed by atoms with Gasteiger partial charge in [0, 0.05) is 23.0 Å². The number of rotatable bonds is 5. The third-order valence-corrected chi connectivity index (χ3v) is 8.58. The molecule has 38 heavy (non-hydrogen) atoms. The summed E-state index contributed by atoms with van der Waals surface area (Å²) < 4.78 is 0. The number of nitrogens with one attached hydrogen (secondary N) is 3. The Morgan fingerprint density at radius 2 is 1.74 bits per heavy atom. The first-order valence-electron chi connectivity index (χ1n) is 13.2. The standard InChI is InChI=1S/C30H29N5O3/c36-27(35-25-3-1-2-10-31-25)21-6-9-23-24(12-21)34-26(33-23)20-4-7-22(8-5-20)32-28(37)29-13-18-11-19(14-29)16-30(38,15-18)17-29/h1-10,12,18-19,38H,11,13-17H2,(H,32,37)(H,33,34)(H,31,35,36)/t18-,19+,29?,30-. The summed E-state index contributed by atoms with van der Waals surface area (Å²) in [5.74, 6) is 1.89. The number of hydrogen-bond acceptors (Lipinski definition) is 5. The smallest absolute Gasteiger partial charge is 0.256 e. The van der Waals surface area contributed by atoms with Gasteiger partial charge in [0.25, 0.3) is 5.91 Å². The number of aromatic amines is 1. The van der Waals surface area contributed by atoms with Crippen molar-refractivity contribution in [2.45, 2.75) is 44.1 Å². The summed E-state index contributed by atoms with van der Waals surface area (Å²) in [6, 6.07) is 18.3. The highest BCUT2D eigenvalue weighted by atomic mass is 16.3. The van der Waals surface area contributed by atoms with Crippen molar-refractivity contribution in [3.63, 3.8) is 0 Å². The molecule has 4 bridgehead atoms. The Labute approximate surface area is 219 Å². The lowest BCUT2D eigenvalue weighted by Gasteiger charge is -2.59. The molecule has 4 N–H and O–H groups in total. The molecule has 4 aliphatic rings. The van der Waals surface area contributed by atoms with E-state index in [1.54, 1.807) is 30.5 Å². The molecule has 0 radical (unpaired) electrons. The molecule has 8 nitrogen and oxygen atoms in total. The van der Waals surface area contributed by atoms with Gasteiger partial charge in [0.1, 0.15) is 11.6 Å². The zero-order chi connectivity index (χ0) is 25.9. The number of nitrogens with zero attached hydrogens (tertiary/aromatic N) is 2. The lowest BCUT2D eigenvalue weighted by Crippen LogP contribution is -2.59. The van der Waals surface area contributed by atoms with Crippen LogP contribution in [0.25, 0.3) is 22.4 Å². The van der Waals surface area contributed by atoms with Gasteiger partial charge in [-0.3, -0.25) is 9.59 Å². The van der Waals surface area contributed by atoms with Gasteiger partial charge in [-0.05, 0) is 105 Å². The second kappa shape index (κ2) is 8.49. The van der Waals surface area contributed by atoms with Crippen LogP contribution >= 0.6 is 0 Å². The number of carbonyl (C=O) groups is 2. The van der Waals surface area contributed by atoms with Crippen molar-refractivity contribution in [2.24, 2.45) is 17.3 Å². The average molecular weight is 508 g/mol. The van der Waals surface area contributed by atoms with E-state index in [0.717, 1.165) is 48.9 Å². The van der Waals surface area contributed by atoms with Gasteiger partial charge in [-0.15, -0.1) is 0 Å². The summed E-state index contributed by atoms with van der Waals surface area (Å²) in [4.78, 5) is 38.2. The highest BCUT2D eigenvalue weighted by molar-refractivity contribution is 6.05. The van der Waals surface area contributed by atoms with E-state index in [1.165, 1.54) is 0 Å². The molecule has 0 spiro atoms. The summed E-state index contributed by atoms with van der Waals surface area (Å²) in [6.07, 6.45) is 6.83. The number of benzene rings is 2. The molecule has 0 aliphatic heterocycles. The SMILES string of the molecule is O=C(Nc1ccccn1)c1ccc2[nH]c(-c3ccc(NC(=O)C45C[C@H]6C[C@@H](C4)C[C@](O)(C6)C5)cc3)nc2c1. The van der Waals surface area contributed by atoms with Crippen molar-refractivity contribution >= 4 is 34.4 Å². The molecular formula is C30H29N5O3. The fraction of sp³-hybridized carbons (Fsp3) is 0.333. The number of H-pyrrole nitrogens is 1. The van der Waals surface area contributed by atoms with Gasteiger partial charge in [-0.2, -0.15) is 0 Å². The molecule has 8 rings (SSSR count). The summed E-state index contributed by atoms with van der Waals surface area (Å²) in [5.41, 5.74) is 2.52. The Morgan fingerprint density at radius 3 is 2.45 bits per heavy atom. The quantitative estimate of drug-likeness (QED) is 0.298. The number of fused-ring (bicyclic) bond motifs is 1. The van der Waals surface area contributed by atoms with Crippen LogP contribution in [0.15, 0.2) is 66.9 Å². The van der Waals surface area contributed by atoms with E-state index >= 15 is 0 Å². The van der Waals surface area contributed by atoms with E-state index in [2.05, 4.69) is 20.6 Å². The molecule has 4 aromatic rings. The molecule has 192 valence electrons. The van der Waals surface area contributed by atoms with Crippen LogP contribution in [0.2, 0.25) is 0 Å². The van der Waals surface area contributed by atoms with Crippen molar-refractivity contribution in [1.82, 2.24) is 15.0 Å². The molecule has 8 heteroatoms. The van der Waals surface area contributed by atoms with Crippen LogP contribution in [0, 0.1) is 17.3 Å². The Morgan fingerprint density at radius 1 is 0.947 bits per heavy atom. The largest absolute Gasteiger partial charge is 0.390 e. The number of aliphatic hydroxyl groups is 1. The minimum atomic E-state index is -0.661. The number of anilines is 2. The van der Waals surface area contributed by atoms with Gasteiger partial charge >= 0.3 is 0 Å². The fourth-order valence-corrected chi connectivity index (χ4v) is 7.36. The maximum absolute atomic E-state index is 13.4. The molecule has 4 fully saturated rings. The minimum absolute atomic E-state index is 0.0398. The third kappa shape index (κ3) is 4.05. The number of imidazole rings is 1. The zero-order valence-corrected chi connectivity index (χ0v) is 20.9. The number of hydrogen-bond donors (Lipinski definition) is 4. The predicted octanol–water partition coefficient (Wildman–Crippen LogP) is 5.15. The van der Waals surface area contributed by atoms with Gasteiger partial charge in [0.2, 0.25) is 5.91 Å². The van der Waals surface area contributed by atoms with E-state index in [9.17, 15) is 14.7 Å². The molecule has 4 aliphatic carbocycles. The minimum Gasteiger partial charge on any atom is -0.390 e. The van der Waals surface area contributed by atoms with Crippen LogP contribution in [0.4, 0.5) is 11.5 Å². The molecule has 1 unspecified atom stereocenters. The maximum Gasteiger partial charge on any atom is 0.256 e. The zero-order valence-electron chi connectivity index (χ0n) is 20.9. The monoisotopic (exact) mass is 507 g/mol. The third-order valence-electron chi connectivity index (χ3n) is 8.58. The predicted molar refractivity (Wildman–Crippen MR) is 144 cm³/mol. The van der Waals surface area contributed by atoms with Crippen LogP contribution in [-0.2, 0) is 4.79 Å². The molecule has 2 amide bonds. The highest BCUT2D eigenvalue weighted by Gasteiger charge is 2.60. The molecule has 4 atom stereocenters. The second-order valence-electron chi connectivity index (χ2n) is 11.5. The van der Waals surface area contributed by atoms with E-state index in [-0.39, 0.29) is 11.8 Å². The van der Waals surface area contributed by atoms with Crippen LogP contribution in [0.5, 0.6) is 0 Å². The van der Waals surface area contributed by atoms with Crippen molar-refractivity contribution in [2.75, 3.05) is 10.6 Å². The Kier molecular flexibility index (Phi) is 5.16. The molecule has 4 saturated carbocycles. The highest BCUT2D eigenvalue weighted by Crippen LogP contribution is 2.61. The Bertz CT molecular complexity index is 1530. The van der Waals surface area contributed by atoms with E-state index in [4.69, 9.17) is 4.98 Å². The number of pyridine rings is 1. The van der Waals surface area contributed by atoms with E-state index < -0.39 is 11.0 Å². The summed E-state index contributed by atoms with van der Waals surface area (Å²) in [5, 5.41) is 16.9. The number of carbonyl (C=O) groups excluding carboxylic acids is 2. The summed E-state index contributed by atoms with van der Waals surface area (Å²) in [6.45, 7) is 0. The summed E-state index contributed by atoms with van der Waals surface area (Å²) >= 11 is 0. The van der Waals surface area contributed by atoms with Crippen LogP contribution in [-0.4, -0.2) is 37.5 Å². The normalized spacial score (nSPS) is 27.4. The second-order valence-corrected chi connectivity index (χ2v) is 11.5. The Hall–Kier alpha value is -4.04. The average Bonchev–Trinajstić information content (AvgIpc) is 3.32. The summed E-state index contributed by atoms with van der Waals surface area (Å²) in [7, 11) is 0. The molecule has 2 heterocycles. The molecule has 0 saturated heterocycles. The first-order valence-corrected chi connectivity index (χ1v) is 13.2. The van der Waals surface area contributed by atoms with E-state index in [0.29, 0.717) is 41.0 Å². The first-order chi connectivity index (χ1) is 18.4. The molecule has 2 aromatic carbocycles. The maximum atomic E-state index is 13.4. The van der Waals surface area contributed by atoms with Gasteiger partial charge in [-0.1, -0.05) is 6.07 Å². The first kappa shape index (κ1) is 23.1. The Balaban J connectivity index is 1.06. The molecule has 2 aromatic heterocycles. The van der Waals surface area contributed by atoms with E-state index in [1.807, 2.05) is 36.4 Å². The van der Waals surface area contributed by atoms with Gasteiger partial charge in [0.15, 0.2) is 0 Å². The number of aromatic nitrogens is 3. The van der Waals surface area contributed by atoms with Crippen LogP contribution in [0.3, 0.4) is 0 Å². The topological polar surface area (TPSA) is 120 Å². The molecular weight excluding hydrogens is 478 g/mol. The van der Waals surface area contributed by atoms with Crippen LogP contribution in [0.1, 0.15) is 48.9 Å². The van der Waals surface area contributed by atoms with Crippen molar-refractivity contribution in [3.05, 3.63) is 72.4 Å². The lowest BCUT2D eigenvalue weighted by atomic mass is 9.47. The van der Waals surface area contributed by atoms with Gasteiger partial charge < -0.3 is 20.7 Å². The fourth-order valence-electron chi connectivity index (χ4n) is 7.36. The lowest BCUT2D eigenvalue weighted by molar-refractivity contribution is -0.174. The van der Waals surface area contributed by atoms with Crippen molar-refractivity contribution < 1.29 is 14.7 Å². The van der Waals surface area contributed by atoms with Gasteiger partial charge in [-0.25, -0.2) is 9.97 Å². The van der Waals surface area contributed by atoms with Crippen molar-refractivity contribution in [3.8, 4) is 11.4 Å².